The molecule has 2 aliphatic rings. The van der Waals surface area contributed by atoms with Crippen molar-refractivity contribution in [2.75, 3.05) is 19.8 Å². The molecule has 1 N–H and O–H groups in total. The second-order valence-electron chi connectivity index (χ2n) is 5.90. The molecule has 0 amide bonds. The van der Waals surface area contributed by atoms with Gasteiger partial charge in [0.05, 0.1) is 31.6 Å². The third-order valence-corrected chi connectivity index (χ3v) is 4.38. The molecule has 116 valence electrons. The molecule has 0 bridgehead atoms. The van der Waals surface area contributed by atoms with Crippen LogP contribution in [0.1, 0.15) is 44.6 Å². The summed E-state index contributed by atoms with van der Waals surface area (Å²) in [6.07, 6.45) is 7.03. The number of rotatable bonds is 4. The van der Waals surface area contributed by atoms with Crippen LogP contribution in [0.15, 0.2) is 18.5 Å². The Balaban J connectivity index is 1.71. The molecule has 0 radical (unpaired) electrons. The van der Waals surface area contributed by atoms with Gasteiger partial charge < -0.3 is 19.3 Å². The minimum absolute atomic E-state index is 0.462. The summed E-state index contributed by atoms with van der Waals surface area (Å²) in [5.74, 6) is 0.257. The Morgan fingerprint density at radius 3 is 2.57 bits per heavy atom. The van der Waals surface area contributed by atoms with Crippen LogP contribution in [-0.2, 0) is 15.1 Å². The molecule has 1 aliphatic carbocycles. The minimum atomic E-state index is -0.862. The summed E-state index contributed by atoms with van der Waals surface area (Å²) in [5.41, 5.74) is -0.0389. The predicted octanol–water partition coefficient (Wildman–Crippen LogP) is 2.38. The molecular weight excluding hydrogens is 270 g/mol. The zero-order chi connectivity index (χ0) is 14.8. The fraction of sp³-hybridized carbons (Fsp3) is 0.688. The largest absolute Gasteiger partial charge is 0.492 e. The number of pyridine rings is 1. The van der Waals surface area contributed by atoms with Crippen molar-refractivity contribution in [3.05, 3.63) is 24.0 Å². The Morgan fingerprint density at radius 2 is 1.90 bits per heavy atom. The van der Waals surface area contributed by atoms with Crippen molar-refractivity contribution in [1.29, 1.82) is 0 Å². The quantitative estimate of drug-likeness (QED) is 0.923. The van der Waals surface area contributed by atoms with Gasteiger partial charge in [0, 0.05) is 24.6 Å². The Kier molecular flexibility index (Phi) is 4.15. The van der Waals surface area contributed by atoms with Gasteiger partial charge in [-0.25, -0.2) is 0 Å². The highest BCUT2D eigenvalue weighted by molar-refractivity contribution is 5.28. The van der Waals surface area contributed by atoms with E-state index in [0.29, 0.717) is 45.5 Å². The first-order valence-corrected chi connectivity index (χ1v) is 7.74. The van der Waals surface area contributed by atoms with Crippen molar-refractivity contribution in [1.82, 2.24) is 4.98 Å². The van der Waals surface area contributed by atoms with Gasteiger partial charge in [-0.3, -0.25) is 4.98 Å². The van der Waals surface area contributed by atoms with Gasteiger partial charge in [-0.1, -0.05) is 6.92 Å². The van der Waals surface area contributed by atoms with Crippen LogP contribution in [-0.4, -0.2) is 35.7 Å². The normalized spacial score (nSPS) is 23.3. The number of aromatic nitrogens is 1. The second kappa shape index (κ2) is 5.91. The summed E-state index contributed by atoms with van der Waals surface area (Å²) in [7, 11) is 0. The average molecular weight is 293 g/mol. The van der Waals surface area contributed by atoms with Crippen LogP contribution in [0.5, 0.6) is 5.75 Å². The molecule has 0 unspecified atom stereocenters. The maximum Gasteiger partial charge on any atom is 0.168 e. The maximum absolute atomic E-state index is 10.9. The third kappa shape index (κ3) is 3.05. The first-order valence-electron chi connectivity index (χ1n) is 7.74. The lowest BCUT2D eigenvalue weighted by Gasteiger charge is -2.40. The minimum Gasteiger partial charge on any atom is -0.492 e. The Bertz CT molecular complexity index is 475. The van der Waals surface area contributed by atoms with Crippen LogP contribution in [0.4, 0.5) is 0 Å². The SMILES string of the molecule is CCCOc1cncc(C2(O)CCC3(CC2)OCCO3)c1. The highest BCUT2D eigenvalue weighted by atomic mass is 16.7. The third-order valence-electron chi connectivity index (χ3n) is 4.38. The monoisotopic (exact) mass is 293 g/mol. The van der Waals surface area contributed by atoms with Crippen LogP contribution < -0.4 is 4.74 Å². The summed E-state index contributed by atoms with van der Waals surface area (Å²) in [6, 6.07) is 1.90. The number of hydrogen-bond donors (Lipinski definition) is 1. The van der Waals surface area contributed by atoms with Gasteiger partial charge in [0.2, 0.25) is 0 Å². The molecule has 1 saturated heterocycles. The van der Waals surface area contributed by atoms with Crippen molar-refractivity contribution in [3.8, 4) is 5.75 Å². The maximum atomic E-state index is 10.9. The molecule has 21 heavy (non-hydrogen) atoms. The van der Waals surface area contributed by atoms with E-state index in [0.717, 1.165) is 17.7 Å². The molecule has 3 rings (SSSR count). The van der Waals surface area contributed by atoms with Gasteiger partial charge >= 0.3 is 0 Å². The first-order chi connectivity index (χ1) is 10.2. The van der Waals surface area contributed by atoms with E-state index in [1.165, 1.54) is 0 Å². The number of nitrogens with zero attached hydrogens (tertiary/aromatic N) is 1. The molecule has 1 saturated carbocycles. The van der Waals surface area contributed by atoms with Crippen molar-refractivity contribution in [3.63, 3.8) is 0 Å². The molecular formula is C16H23NO4. The van der Waals surface area contributed by atoms with Gasteiger partial charge in [-0.2, -0.15) is 0 Å². The zero-order valence-corrected chi connectivity index (χ0v) is 12.5. The lowest BCUT2D eigenvalue weighted by Crippen LogP contribution is -2.42. The Hall–Kier alpha value is -1.17. The van der Waals surface area contributed by atoms with Crippen LogP contribution in [0.25, 0.3) is 0 Å². The van der Waals surface area contributed by atoms with E-state index in [2.05, 4.69) is 11.9 Å². The van der Waals surface area contributed by atoms with E-state index >= 15 is 0 Å². The highest BCUT2D eigenvalue weighted by Crippen LogP contribution is 2.45. The van der Waals surface area contributed by atoms with Crippen LogP contribution in [0, 0.1) is 0 Å². The summed E-state index contributed by atoms with van der Waals surface area (Å²) < 4.78 is 17.0. The predicted molar refractivity (Wildman–Crippen MR) is 77.0 cm³/mol. The summed E-state index contributed by atoms with van der Waals surface area (Å²) >= 11 is 0. The van der Waals surface area contributed by atoms with E-state index in [1.54, 1.807) is 12.4 Å². The molecule has 5 nitrogen and oxygen atoms in total. The molecule has 2 heterocycles. The Morgan fingerprint density at radius 1 is 1.19 bits per heavy atom. The molecule has 0 atom stereocenters. The summed E-state index contributed by atoms with van der Waals surface area (Å²) in [4.78, 5) is 4.20. The van der Waals surface area contributed by atoms with Crippen molar-refractivity contribution >= 4 is 0 Å². The number of aliphatic hydroxyl groups is 1. The van der Waals surface area contributed by atoms with E-state index in [9.17, 15) is 5.11 Å². The molecule has 1 aromatic heterocycles. The second-order valence-corrected chi connectivity index (χ2v) is 5.90. The smallest absolute Gasteiger partial charge is 0.168 e. The lowest BCUT2D eigenvalue weighted by molar-refractivity contribution is -0.204. The van der Waals surface area contributed by atoms with Crippen LogP contribution in [0.3, 0.4) is 0 Å². The van der Waals surface area contributed by atoms with Gasteiger partial charge in [0.15, 0.2) is 5.79 Å². The van der Waals surface area contributed by atoms with Crippen LogP contribution in [0.2, 0.25) is 0 Å². The highest BCUT2D eigenvalue weighted by Gasteiger charge is 2.46. The van der Waals surface area contributed by atoms with E-state index in [1.807, 2.05) is 6.07 Å². The van der Waals surface area contributed by atoms with E-state index < -0.39 is 11.4 Å². The first kappa shape index (κ1) is 14.8. The van der Waals surface area contributed by atoms with Crippen molar-refractivity contribution in [2.24, 2.45) is 0 Å². The summed E-state index contributed by atoms with van der Waals surface area (Å²) in [5, 5.41) is 10.9. The number of hydrogen-bond acceptors (Lipinski definition) is 5. The van der Waals surface area contributed by atoms with Gasteiger partial charge in [0.1, 0.15) is 5.75 Å². The molecule has 2 fully saturated rings. The molecule has 1 aliphatic heterocycles. The van der Waals surface area contributed by atoms with Gasteiger partial charge in [0.25, 0.3) is 0 Å². The fourth-order valence-electron chi connectivity index (χ4n) is 3.09. The summed E-state index contributed by atoms with van der Waals surface area (Å²) in [6.45, 7) is 4.03. The van der Waals surface area contributed by atoms with E-state index in [-0.39, 0.29) is 0 Å². The lowest BCUT2D eigenvalue weighted by atomic mass is 9.77. The van der Waals surface area contributed by atoms with Gasteiger partial charge in [-0.05, 0) is 25.3 Å². The van der Waals surface area contributed by atoms with Gasteiger partial charge in [-0.15, -0.1) is 0 Å². The zero-order valence-electron chi connectivity index (χ0n) is 12.5. The molecule has 1 spiro atoms. The Labute approximate surface area is 125 Å². The molecule has 0 aromatic carbocycles. The molecule has 5 heteroatoms. The van der Waals surface area contributed by atoms with Crippen molar-refractivity contribution < 1.29 is 19.3 Å². The number of ether oxygens (including phenoxy) is 3. The average Bonchev–Trinajstić information content (AvgIpc) is 2.98. The molecule has 1 aromatic rings. The van der Waals surface area contributed by atoms with Crippen molar-refractivity contribution in [2.45, 2.75) is 50.4 Å². The standard InChI is InChI=1S/C16H23NO4/c1-2-7-19-14-10-13(11-17-12-14)15(18)3-5-16(6-4-15)20-8-9-21-16/h10-12,18H,2-9H2,1H3. The van der Waals surface area contributed by atoms with Crippen LogP contribution >= 0.6 is 0 Å². The van der Waals surface area contributed by atoms with E-state index in [4.69, 9.17) is 14.2 Å². The fourth-order valence-corrected chi connectivity index (χ4v) is 3.09. The topological polar surface area (TPSA) is 60.8 Å².